The van der Waals surface area contributed by atoms with E-state index in [-0.39, 0.29) is 0 Å². The Bertz CT molecular complexity index is 242. The lowest BCUT2D eigenvalue weighted by molar-refractivity contribution is -0.119. The molecule has 0 N–H and O–H groups in total. The lowest BCUT2D eigenvalue weighted by Crippen LogP contribution is -1.97. The minimum absolute atomic E-state index is 0.481. The van der Waals surface area contributed by atoms with Gasteiger partial charge in [0.25, 0.3) is 0 Å². The van der Waals surface area contributed by atoms with E-state index >= 15 is 0 Å². The minimum atomic E-state index is 0.481. The molecule has 1 aliphatic rings. The van der Waals surface area contributed by atoms with Crippen molar-refractivity contribution in [2.24, 2.45) is 0 Å². The van der Waals surface area contributed by atoms with Crippen LogP contribution in [-0.2, 0) is 4.79 Å². The summed E-state index contributed by atoms with van der Waals surface area (Å²) in [6.45, 7) is 0. The van der Waals surface area contributed by atoms with E-state index in [0.717, 1.165) is 32.1 Å². The number of ketones is 1. The summed E-state index contributed by atoms with van der Waals surface area (Å²) in [7, 11) is 0. The largest absolute Gasteiger partial charge is 0.300 e. The molecule has 0 heterocycles. The summed E-state index contributed by atoms with van der Waals surface area (Å²) in [6.07, 6.45) is 23.0. The number of Topliss-reactive ketones (excluding diaryl/α,β-unsaturated/α-hetero) is 1. The highest BCUT2D eigenvalue weighted by Gasteiger charge is 2.01. The van der Waals surface area contributed by atoms with Gasteiger partial charge in [-0.1, -0.05) is 63.5 Å². The van der Waals surface area contributed by atoms with Crippen LogP contribution in [0.3, 0.4) is 0 Å². The second-order valence-corrected chi connectivity index (χ2v) is 5.98. The molecule has 0 atom stereocenters. The fraction of sp³-hybridized carbons (Fsp3) is 0.833. The molecular weight excluding hydrogens is 232 g/mol. The van der Waals surface area contributed by atoms with Crippen molar-refractivity contribution in [2.75, 3.05) is 0 Å². The first-order chi connectivity index (χ1) is 9.39. The maximum absolute atomic E-state index is 11.7. The van der Waals surface area contributed by atoms with Crippen LogP contribution in [0.15, 0.2) is 12.2 Å². The predicted molar refractivity (Wildman–Crippen MR) is 83.4 cm³/mol. The first-order valence-corrected chi connectivity index (χ1v) is 8.56. The second kappa shape index (κ2) is 12.4. The first kappa shape index (κ1) is 16.5. The van der Waals surface area contributed by atoms with Crippen LogP contribution >= 0.6 is 0 Å². The Morgan fingerprint density at radius 2 is 0.947 bits per heavy atom. The van der Waals surface area contributed by atoms with E-state index in [2.05, 4.69) is 12.2 Å². The fourth-order valence-electron chi connectivity index (χ4n) is 2.78. The monoisotopic (exact) mass is 264 g/mol. The summed E-state index contributed by atoms with van der Waals surface area (Å²) in [5.41, 5.74) is 0. The van der Waals surface area contributed by atoms with Crippen LogP contribution in [0.4, 0.5) is 0 Å². The summed E-state index contributed by atoms with van der Waals surface area (Å²) in [6, 6.07) is 0. The van der Waals surface area contributed by atoms with Crippen molar-refractivity contribution in [3.8, 4) is 0 Å². The van der Waals surface area contributed by atoms with Gasteiger partial charge in [0.05, 0.1) is 0 Å². The molecule has 0 amide bonds. The molecule has 0 spiro atoms. The van der Waals surface area contributed by atoms with E-state index in [0.29, 0.717) is 5.78 Å². The molecule has 19 heavy (non-hydrogen) atoms. The van der Waals surface area contributed by atoms with Crippen molar-refractivity contribution in [3.05, 3.63) is 12.2 Å². The maximum Gasteiger partial charge on any atom is 0.132 e. The lowest BCUT2D eigenvalue weighted by Gasteiger charge is -2.03. The van der Waals surface area contributed by atoms with Crippen LogP contribution < -0.4 is 0 Å². The van der Waals surface area contributed by atoms with Gasteiger partial charge in [-0.05, 0) is 32.1 Å². The standard InChI is InChI=1S/C18H32O/c19-18-16-14-12-10-8-6-4-2-1-3-5-7-9-11-13-15-17-18/h8,10H,1-7,9,11-17H2. The number of rotatable bonds is 0. The van der Waals surface area contributed by atoms with Crippen molar-refractivity contribution in [3.63, 3.8) is 0 Å². The van der Waals surface area contributed by atoms with Crippen LogP contribution in [0.2, 0.25) is 0 Å². The SMILES string of the molecule is O=C1CCCC=CCCCCCCCCCCCC1. The number of carbonyl (C=O) groups excluding carboxylic acids is 1. The molecule has 0 saturated carbocycles. The molecule has 0 fully saturated rings. The predicted octanol–water partition coefficient (Wildman–Crippen LogP) is 5.98. The maximum atomic E-state index is 11.7. The van der Waals surface area contributed by atoms with E-state index in [1.165, 1.54) is 64.2 Å². The van der Waals surface area contributed by atoms with Crippen molar-refractivity contribution in [1.82, 2.24) is 0 Å². The van der Waals surface area contributed by atoms with Gasteiger partial charge in [0.1, 0.15) is 5.78 Å². The van der Waals surface area contributed by atoms with Gasteiger partial charge >= 0.3 is 0 Å². The molecule has 1 heteroatoms. The molecule has 1 nitrogen and oxygen atoms in total. The van der Waals surface area contributed by atoms with Crippen molar-refractivity contribution in [2.45, 2.75) is 96.3 Å². The highest BCUT2D eigenvalue weighted by atomic mass is 16.1. The normalized spacial score (nSPS) is 22.6. The molecule has 110 valence electrons. The zero-order valence-corrected chi connectivity index (χ0v) is 12.7. The van der Waals surface area contributed by atoms with Gasteiger partial charge < -0.3 is 0 Å². The molecule has 1 aliphatic carbocycles. The molecule has 0 aromatic carbocycles. The smallest absolute Gasteiger partial charge is 0.132 e. The van der Waals surface area contributed by atoms with Crippen molar-refractivity contribution >= 4 is 5.78 Å². The summed E-state index contributed by atoms with van der Waals surface area (Å²) < 4.78 is 0. The second-order valence-electron chi connectivity index (χ2n) is 5.98. The van der Waals surface area contributed by atoms with Gasteiger partial charge in [-0.15, -0.1) is 0 Å². The molecule has 1 rings (SSSR count). The summed E-state index contributed by atoms with van der Waals surface area (Å²) in [5.74, 6) is 0.481. The molecule has 0 aromatic rings. The fourth-order valence-corrected chi connectivity index (χ4v) is 2.78. The number of hydrogen-bond acceptors (Lipinski definition) is 1. The quantitative estimate of drug-likeness (QED) is 0.492. The van der Waals surface area contributed by atoms with Gasteiger partial charge in [0, 0.05) is 12.8 Å². The van der Waals surface area contributed by atoms with Crippen molar-refractivity contribution in [1.29, 1.82) is 0 Å². The molecule has 0 bridgehead atoms. The molecule has 0 saturated heterocycles. The average molecular weight is 264 g/mol. The van der Waals surface area contributed by atoms with E-state index in [1.54, 1.807) is 0 Å². The van der Waals surface area contributed by atoms with Gasteiger partial charge in [-0.25, -0.2) is 0 Å². The Kier molecular flexibility index (Phi) is 10.8. The Morgan fingerprint density at radius 1 is 0.526 bits per heavy atom. The molecule has 0 aliphatic heterocycles. The molecule has 0 aromatic heterocycles. The zero-order chi connectivity index (χ0) is 13.6. The van der Waals surface area contributed by atoms with E-state index < -0.39 is 0 Å². The van der Waals surface area contributed by atoms with Crippen LogP contribution in [0.25, 0.3) is 0 Å². The van der Waals surface area contributed by atoms with Crippen LogP contribution in [0, 0.1) is 0 Å². The average Bonchev–Trinajstić information content (AvgIpc) is 2.41. The number of hydrogen-bond donors (Lipinski definition) is 0. The van der Waals surface area contributed by atoms with Gasteiger partial charge in [-0.2, -0.15) is 0 Å². The minimum Gasteiger partial charge on any atom is -0.300 e. The lowest BCUT2D eigenvalue weighted by atomic mass is 10.0. The third kappa shape index (κ3) is 11.0. The molecule has 0 unspecified atom stereocenters. The Balaban J connectivity index is 2.17. The summed E-state index contributed by atoms with van der Waals surface area (Å²) >= 11 is 0. The highest BCUT2D eigenvalue weighted by molar-refractivity contribution is 5.78. The van der Waals surface area contributed by atoms with Crippen molar-refractivity contribution < 1.29 is 4.79 Å². The zero-order valence-electron chi connectivity index (χ0n) is 12.7. The van der Waals surface area contributed by atoms with Crippen LogP contribution in [0.1, 0.15) is 96.3 Å². The van der Waals surface area contributed by atoms with Gasteiger partial charge in [0.15, 0.2) is 0 Å². The van der Waals surface area contributed by atoms with E-state index in [1.807, 2.05) is 0 Å². The van der Waals surface area contributed by atoms with Crippen LogP contribution in [0.5, 0.6) is 0 Å². The third-order valence-corrected chi connectivity index (χ3v) is 4.07. The Hall–Kier alpha value is -0.590. The van der Waals surface area contributed by atoms with Gasteiger partial charge in [-0.3, -0.25) is 4.79 Å². The van der Waals surface area contributed by atoms with E-state index in [9.17, 15) is 4.79 Å². The number of carbonyl (C=O) groups is 1. The Morgan fingerprint density at radius 3 is 1.58 bits per heavy atom. The summed E-state index contributed by atoms with van der Waals surface area (Å²) in [4.78, 5) is 11.7. The topological polar surface area (TPSA) is 17.1 Å². The summed E-state index contributed by atoms with van der Waals surface area (Å²) in [5, 5.41) is 0. The molecule has 0 radical (unpaired) electrons. The first-order valence-electron chi connectivity index (χ1n) is 8.56. The number of allylic oxidation sites excluding steroid dienone is 2. The van der Waals surface area contributed by atoms with Gasteiger partial charge in [0.2, 0.25) is 0 Å². The highest BCUT2D eigenvalue weighted by Crippen LogP contribution is 2.13. The Labute approximate surface area is 119 Å². The molecular formula is C18H32O. The third-order valence-electron chi connectivity index (χ3n) is 4.07. The van der Waals surface area contributed by atoms with E-state index in [4.69, 9.17) is 0 Å². The van der Waals surface area contributed by atoms with Crippen LogP contribution in [-0.4, -0.2) is 5.78 Å².